The molecule has 8 heteroatoms. The van der Waals surface area contributed by atoms with Gasteiger partial charge in [0, 0.05) is 60.0 Å². The first-order chi connectivity index (χ1) is 34.4. The minimum absolute atomic E-state index is 0.00802. The maximum Gasteiger partial charge on any atom is 0.420 e. The molecule has 0 saturated carbocycles. The number of alkyl halides is 3. The summed E-state index contributed by atoms with van der Waals surface area (Å²) in [5, 5.41) is 17.8. The van der Waals surface area contributed by atoms with Crippen LogP contribution in [0.3, 0.4) is 0 Å². The van der Waals surface area contributed by atoms with E-state index >= 15 is 13.2 Å². The zero-order valence-corrected chi connectivity index (χ0v) is 37.2. The predicted octanol–water partition coefficient (Wildman–Crippen LogP) is 16.6. The standard InChI is InChI=1S/C62H36F3N5/c63-62(64,65)60-59(69-55-26-11-5-20-47(55)49-35-40(28-31-57(49)69)67-51-22-7-1-16-43(51)44-17-2-8-23-52(44)67)33-30-42(39-15-13-14-38(34-39)37-66)61(60)70-56-27-12-6-21-48(56)50-36-41(29-32-58(50)70)68-53-24-9-3-18-45(53)46-19-4-10-25-54(46)68/h1-36H. The van der Waals surface area contributed by atoms with Crippen LogP contribution >= 0.6 is 0 Å². The molecule has 10 aromatic carbocycles. The second-order valence-electron chi connectivity index (χ2n) is 17.9. The Labute approximate surface area is 397 Å². The number of nitrogens with zero attached hydrogens (tertiary/aromatic N) is 5. The van der Waals surface area contributed by atoms with E-state index in [0.29, 0.717) is 38.8 Å². The molecule has 70 heavy (non-hydrogen) atoms. The summed E-state index contributed by atoms with van der Waals surface area (Å²) in [5.41, 5.74) is 8.83. The van der Waals surface area contributed by atoms with Crippen LogP contribution in [0.15, 0.2) is 218 Å². The summed E-state index contributed by atoms with van der Waals surface area (Å²) in [4.78, 5) is 0. The Kier molecular flexibility index (Phi) is 8.44. The van der Waals surface area contributed by atoms with E-state index in [0.717, 1.165) is 76.5 Å². The third kappa shape index (κ3) is 5.66. The Morgan fingerprint density at radius 1 is 0.343 bits per heavy atom. The highest BCUT2D eigenvalue weighted by Crippen LogP contribution is 2.48. The first kappa shape index (κ1) is 39.8. The number of aromatic nitrogens is 4. The maximum absolute atomic E-state index is 16.9. The largest absolute Gasteiger partial charge is 0.420 e. The number of hydrogen-bond acceptors (Lipinski definition) is 1. The number of hydrogen-bond donors (Lipinski definition) is 0. The van der Waals surface area contributed by atoms with Gasteiger partial charge in [0.25, 0.3) is 0 Å². The topological polar surface area (TPSA) is 43.5 Å². The van der Waals surface area contributed by atoms with Crippen molar-refractivity contribution in [2.24, 2.45) is 0 Å². The lowest BCUT2D eigenvalue weighted by Crippen LogP contribution is -2.17. The number of para-hydroxylation sites is 6. The van der Waals surface area contributed by atoms with Crippen molar-refractivity contribution >= 4 is 87.2 Å². The molecule has 14 aromatic rings. The van der Waals surface area contributed by atoms with Gasteiger partial charge in [-0.1, -0.05) is 127 Å². The normalized spacial score (nSPS) is 12.2. The molecule has 0 amide bonds. The van der Waals surface area contributed by atoms with E-state index in [1.54, 1.807) is 45.5 Å². The molecular formula is C62H36F3N5. The summed E-state index contributed by atoms with van der Waals surface area (Å²) in [6, 6.07) is 73.1. The molecule has 0 aliphatic carbocycles. The third-order valence-corrected chi connectivity index (χ3v) is 14.2. The minimum atomic E-state index is -4.87. The molecule has 0 aliphatic heterocycles. The number of rotatable bonds is 5. The fourth-order valence-electron chi connectivity index (χ4n) is 11.4. The van der Waals surface area contributed by atoms with Gasteiger partial charge >= 0.3 is 6.18 Å². The Morgan fingerprint density at radius 3 is 1.17 bits per heavy atom. The fraction of sp³-hybridized carbons (Fsp3) is 0.0161. The first-order valence-corrected chi connectivity index (χ1v) is 23.1. The zero-order chi connectivity index (χ0) is 46.8. The van der Waals surface area contributed by atoms with Crippen LogP contribution in [0.5, 0.6) is 0 Å². The van der Waals surface area contributed by atoms with E-state index in [4.69, 9.17) is 0 Å². The van der Waals surface area contributed by atoms with Crippen LogP contribution in [0.1, 0.15) is 11.1 Å². The van der Waals surface area contributed by atoms with Crippen molar-refractivity contribution in [3.63, 3.8) is 0 Å². The molecular weight excluding hydrogens is 872 g/mol. The molecule has 0 radical (unpaired) electrons. The molecule has 0 bridgehead atoms. The van der Waals surface area contributed by atoms with Gasteiger partial charge in [-0.2, -0.15) is 18.4 Å². The van der Waals surface area contributed by atoms with Gasteiger partial charge in [0.05, 0.1) is 67.1 Å². The molecule has 5 nitrogen and oxygen atoms in total. The van der Waals surface area contributed by atoms with Gasteiger partial charge in [0.2, 0.25) is 0 Å². The van der Waals surface area contributed by atoms with Crippen LogP contribution in [0.4, 0.5) is 13.2 Å². The van der Waals surface area contributed by atoms with Crippen LogP contribution < -0.4 is 0 Å². The molecule has 0 atom stereocenters. The van der Waals surface area contributed by atoms with Gasteiger partial charge in [-0.05, 0) is 96.6 Å². The molecule has 0 N–H and O–H groups in total. The molecule has 4 heterocycles. The molecule has 0 unspecified atom stereocenters. The smallest absolute Gasteiger partial charge is 0.309 e. The van der Waals surface area contributed by atoms with E-state index < -0.39 is 11.7 Å². The van der Waals surface area contributed by atoms with E-state index in [9.17, 15) is 5.26 Å². The summed E-state index contributed by atoms with van der Waals surface area (Å²) >= 11 is 0. The lowest BCUT2D eigenvalue weighted by Gasteiger charge is -2.24. The number of halogens is 3. The Bertz CT molecular complexity index is 4450. The van der Waals surface area contributed by atoms with Crippen molar-refractivity contribution in [3.05, 3.63) is 230 Å². The molecule has 0 fully saturated rings. The van der Waals surface area contributed by atoms with Gasteiger partial charge < -0.3 is 18.3 Å². The molecule has 4 aromatic heterocycles. The van der Waals surface area contributed by atoms with Crippen LogP contribution in [0, 0.1) is 11.3 Å². The van der Waals surface area contributed by atoms with Crippen LogP contribution in [0.25, 0.3) is 121 Å². The van der Waals surface area contributed by atoms with E-state index in [-0.39, 0.29) is 11.4 Å². The lowest BCUT2D eigenvalue weighted by molar-refractivity contribution is -0.137. The van der Waals surface area contributed by atoms with Crippen molar-refractivity contribution in [2.45, 2.75) is 6.18 Å². The van der Waals surface area contributed by atoms with Gasteiger partial charge in [-0.15, -0.1) is 0 Å². The average Bonchev–Trinajstić information content (AvgIpc) is 4.13. The number of nitriles is 1. The summed E-state index contributed by atoms with van der Waals surface area (Å²) < 4.78 is 58.8. The van der Waals surface area contributed by atoms with E-state index in [2.05, 4.69) is 75.9 Å². The minimum Gasteiger partial charge on any atom is -0.309 e. The average molecular weight is 908 g/mol. The highest BCUT2D eigenvalue weighted by atomic mass is 19.4. The molecule has 0 aliphatic rings. The SMILES string of the molecule is N#Cc1cccc(-c2ccc(-n3c4ccccc4c4cc(-n5c6ccccc6c6ccccc65)ccc43)c(C(F)(F)F)c2-n2c3ccccc3c3cc(-n4c5ccccc5c5ccccc54)ccc32)c1. The molecule has 0 spiro atoms. The monoisotopic (exact) mass is 907 g/mol. The van der Waals surface area contributed by atoms with Crippen molar-refractivity contribution in [1.82, 2.24) is 18.3 Å². The Hall–Kier alpha value is -9.32. The van der Waals surface area contributed by atoms with Crippen LogP contribution in [0.2, 0.25) is 0 Å². The van der Waals surface area contributed by atoms with Gasteiger partial charge in [-0.25, -0.2) is 0 Å². The zero-order valence-electron chi connectivity index (χ0n) is 37.2. The fourth-order valence-corrected chi connectivity index (χ4v) is 11.4. The summed E-state index contributed by atoms with van der Waals surface area (Å²) in [6.45, 7) is 0. The first-order valence-electron chi connectivity index (χ1n) is 23.1. The Morgan fingerprint density at radius 2 is 0.729 bits per heavy atom. The van der Waals surface area contributed by atoms with Crippen LogP contribution in [-0.2, 0) is 6.18 Å². The highest BCUT2D eigenvalue weighted by Gasteiger charge is 2.40. The number of benzene rings is 10. The quantitative estimate of drug-likeness (QED) is 0.170. The Balaban J connectivity index is 1.08. The van der Waals surface area contributed by atoms with E-state index in [1.807, 2.05) is 121 Å². The van der Waals surface area contributed by atoms with Gasteiger partial charge in [0.15, 0.2) is 0 Å². The highest BCUT2D eigenvalue weighted by molar-refractivity contribution is 6.15. The number of fused-ring (bicyclic) bond motifs is 12. The third-order valence-electron chi connectivity index (χ3n) is 14.2. The lowest BCUT2D eigenvalue weighted by atomic mass is 9.96. The molecule has 330 valence electrons. The summed E-state index contributed by atoms with van der Waals surface area (Å²) in [6.07, 6.45) is -4.87. The van der Waals surface area contributed by atoms with Crippen LogP contribution in [-0.4, -0.2) is 18.3 Å². The van der Waals surface area contributed by atoms with Crippen molar-refractivity contribution < 1.29 is 13.2 Å². The summed E-state index contributed by atoms with van der Waals surface area (Å²) in [5.74, 6) is 0. The maximum atomic E-state index is 16.9. The molecule has 0 saturated heterocycles. The molecule has 14 rings (SSSR count). The second-order valence-corrected chi connectivity index (χ2v) is 17.9. The second kappa shape index (κ2) is 14.8. The van der Waals surface area contributed by atoms with E-state index in [1.165, 1.54) is 0 Å². The van der Waals surface area contributed by atoms with Gasteiger partial charge in [-0.3, -0.25) is 0 Å². The summed E-state index contributed by atoms with van der Waals surface area (Å²) in [7, 11) is 0. The van der Waals surface area contributed by atoms with Gasteiger partial charge in [0.1, 0.15) is 5.56 Å². The van der Waals surface area contributed by atoms with Crippen molar-refractivity contribution in [3.8, 4) is 39.9 Å². The van der Waals surface area contributed by atoms with Crippen molar-refractivity contribution in [1.29, 1.82) is 5.26 Å². The predicted molar refractivity (Wildman–Crippen MR) is 279 cm³/mol. The van der Waals surface area contributed by atoms with Crippen molar-refractivity contribution in [2.75, 3.05) is 0 Å².